The maximum absolute atomic E-state index is 2.69. The van der Waals surface area contributed by atoms with Gasteiger partial charge >= 0.3 is 0 Å². The Morgan fingerprint density at radius 1 is 0.346 bits per heavy atom. The van der Waals surface area contributed by atoms with Crippen LogP contribution in [0.5, 0.6) is 0 Å². The van der Waals surface area contributed by atoms with Crippen molar-refractivity contribution in [3.8, 4) is 44.5 Å². The van der Waals surface area contributed by atoms with E-state index in [0.717, 1.165) is 23.7 Å². The Hall–Kier alpha value is -5.46. The summed E-state index contributed by atoms with van der Waals surface area (Å²) in [6.45, 7) is 0. The van der Waals surface area contributed by atoms with Gasteiger partial charge in [-0.2, -0.15) is 0 Å². The maximum Gasteiger partial charge on any atom is 0.0272 e. The molecule has 4 saturated carbocycles. The predicted molar refractivity (Wildman–Crippen MR) is 219 cm³/mol. The molecule has 248 valence electrons. The lowest BCUT2D eigenvalue weighted by Crippen LogP contribution is -2.55. The highest BCUT2D eigenvalue weighted by molar-refractivity contribution is 6.21. The molecule has 5 aliphatic rings. The second-order valence-electron chi connectivity index (χ2n) is 16.5. The van der Waals surface area contributed by atoms with Crippen molar-refractivity contribution in [1.82, 2.24) is 0 Å². The fraction of sp³-hybridized carbons (Fsp3) is 0.192. The molecule has 0 saturated heterocycles. The first-order valence-electron chi connectivity index (χ1n) is 19.5. The first kappa shape index (κ1) is 29.2. The molecule has 0 nitrogen and oxygen atoms in total. The van der Waals surface area contributed by atoms with Crippen LogP contribution in [0.4, 0.5) is 0 Å². The molecule has 52 heavy (non-hydrogen) atoms. The van der Waals surface area contributed by atoms with E-state index in [2.05, 4.69) is 158 Å². The number of rotatable bonds is 3. The van der Waals surface area contributed by atoms with Crippen molar-refractivity contribution in [1.29, 1.82) is 0 Å². The van der Waals surface area contributed by atoms with Crippen molar-refractivity contribution < 1.29 is 0 Å². The zero-order chi connectivity index (χ0) is 34.0. The molecular formula is C52H40. The van der Waals surface area contributed by atoms with Gasteiger partial charge in [0.15, 0.2) is 0 Å². The highest BCUT2D eigenvalue weighted by Crippen LogP contribution is 2.70. The average molecular weight is 665 g/mol. The fourth-order valence-corrected chi connectivity index (χ4v) is 12.2. The van der Waals surface area contributed by atoms with Gasteiger partial charge in [0.25, 0.3) is 0 Å². The molecule has 8 aromatic rings. The Morgan fingerprint density at radius 3 is 1.42 bits per heavy atom. The van der Waals surface area contributed by atoms with E-state index in [4.69, 9.17) is 0 Å². The van der Waals surface area contributed by atoms with Gasteiger partial charge in [-0.15, -0.1) is 0 Å². The van der Waals surface area contributed by atoms with Gasteiger partial charge in [-0.1, -0.05) is 140 Å². The summed E-state index contributed by atoms with van der Waals surface area (Å²) in [7, 11) is 0. The fourth-order valence-electron chi connectivity index (χ4n) is 12.2. The van der Waals surface area contributed by atoms with Crippen LogP contribution in [-0.2, 0) is 5.41 Å². The first-order chi connectivity index (χ1) is 25.7. The lowest BCUT2D eigenvalue weighted by molar-refractivity contribution is -0.0398. The second kappa shape index (κ2) is 10.8. The Balaban J connectivity index is 1.10. The Morgan fingerprint density at radius 2 is 0.808 bits per heavy atom. The molecule has 0 aliphatic heterocycles. The first-order valence-corrected chi connectivity index (χ1v) is 19.5. The Kier molecular flexibility index (Phi) is 6.04. The molecule has 0 heterocycles. The van der Waals surface area contributed by atoms with Crippen molar-refractivity contribution >= 4 is 32.3 Å². The topological polar surface area (TPSA) is 0 Å². The van der Waals surface area contributed by atoms with E-state index >= 15 is 0 Å². The summed E-state index contributed by atoms with van der Waals surface area (Å²) in [5, 5.41) is 8.08. The van der Waals surface area contributed by atoms with Crippen LogP contribution in [0, 0.1) is 23.7 Å². The van der Waals surface area contributed by atoms with Gasteiger partial charge < -0.3 is 0 Å². The van der Waals surface area contributed by atoms with E-state index in [1.54, 1.807) is 11.1 Å². The van der Waals surface area contributed by atoms with Gasteiger partial charge in [0.2, 0.25) is 0 Å². The van der Waals surface area contributed by atoms with E-state index in [0.29, 0.717) is 0 Å². The molecule has 8 aromatic carbocycles. The van der Waals surface area contributed by atoms with Gasteiger partial charge in [-0.25, -0.2) is 0 Å². The quantitative estimate of drug-likeness (QED) is 0.165. The van der Waals surface area contributed by atoms with Crippen molar-refractivity contribution in [2.24, 2.45) is 23.7 Å². The van der Waals surface area contributed by atoms with Gasteiger partial charge in [-0.05, 0) is 162 Å². The standard InChI is InChI=1S/C52H40/c1-2-10-34(11-3-1)35-18-20-36(21-19-35)50-43-14-6-8-16-45(43)51(46-17-9-7-15-44(46)50)39-22-23-42-47-29-37-12-4-5-13-38(37)30-49(47)52(48(42)31-39)40-25-32-24-33(27-40)28-41(52)26-32/h1-23,29-33,40-41H,24-28H2. The summed E-state index contributed by atoms with van der Waals surface area (Å²) in [6.07, 6.45) is 7.05. The minimum absolute atomic E-state index is 0.115. The minimum Gasteiger partial charge on any atom is -0.0622 e. The number of benzene rings is 8. The number of hydrogen-bond donors (Lipinski definition) is 0. The van der Waals surface area contributed by atoms with E-state index in [1.165, 1.54) is 109 Å². The summed E-state index contributed by atoms with van der Waals surface area (Å²) in [6, 6.07) is 60.1. The van der Waals surface area contributed by atoms with Crippen LogP contribution in [0.3, 0.4) is 0 Å². The third-order valence-corrected chi connectivity index (χ3v) is 14.0. The van der Waals surface area contributed by atoms with Crippen LogP contribution in [0.1, 0.15) is 43.2 Å². The Labute approximate surface area is 305 Å². The van der Waals surface area contributed by atoms with Gasteiger partial charge in [0.05, 0.1) is 0 Å². The van der Waals surface area contributed by atoms with Crippen molar-refractivity contribution in [3.05, 3.63) is 169 Å². The molecule has 1 spiro atoms. The van der Waals surface area contributed by atoms with Crippen molar-refractivity contribution in [3.63, 3.8) is 0 Å². The van der Waals surface area contributed by atoms with Crippen molar-refractivity contribution in [2.45, 2.75) is 37.5 Å². The second-order valence-corrected chi connectivity index (χ2v) is 16.5. The highest BCUT2D eigenvalue weighted by atomic mass is 14.6. The molecule has 0 amide bonds. The van der Waals surface area contributed by atoms with Gasteiger partial charge in [0.1, 0.15) is 0 Å². The van der Waals surface area contributed by atoms with Crippen LogP contribution in [0.25, 0.3) is 76.8 Å². The molecule has 0 radical (unpaired) electrons. The zero-order valence-electron chi connectivity index (χ0n) is 29.4. The van der Waals surface area contributed by atoms with E-state index in [1.807, 2.05) is 0 Å². The summed E-state index contributed by atoms with van der Waals surface area (Å²) >= 11 is 0. The molecule has 5 aliphatic carbocycles. The zero-order valence-corrected chi connectivity index (χ0v) is 29.4. The van der Waals surface area contributed by atoms with Gasteiger partial charge in [-0.3, -0.25) is 0 Å². The molecule has 4 fully saturated rings. The normalized spacial score (nSPS) is 23.8. The van der Waals surface area contributed by atoms with E-state index < -0.39 is 0 Å². The molecule has 0 atom stereocenters. The molecule has 4 bridgehead atoms. The third kappa shape index (κ3) is 3.93. The molecule has 13 rings (SSSR count). The summed E-state index contributed by atoms with van der Waals surface area (Å²) in [5.41, 5.74) is 14.2. The van der Waals surface area contributed by atoms with Crippen LogP contribution in [-0.4, -0.2) is 0 Å². The molecule has 0 unspecified atom stereocenters. The minimum atomic E-state index is 0.115. The summed E-state index contributed by atoms with van der Waals surface area (Å²) in [4.78, 5) is 0. The number of fused-ring (bicyclic) bond motifs is 6. The van der Waals surface area contributed by atoms with Crippen LogP contribution in [0.15, 0.2) is 158 Å². The molecule has 0 N–H and O–H groups in total. The van der Waals surface area contributed by atoms with Crippen LogP contribution in [0.2, 0.25) is 0 Å². The monoisotopic (exact) mass is 664 g/mol. The van der Waals surface area contributed by atoms with Crippen molar-refractivity contribution in [2.75, 3.05) is 0 Å². The number of hydrogen-bond acceptors (Lipinski definition) is 0. The molecule has 0 aromatic heterocycles. The van der Waals surface area contributed by atoms with E-state index in [-0.39, 0.29) is 5.41 Å². The maximum atomic E-state index is 2.69. The largest absolute Gasteiger partial charge is 0.0622 e. The van der Waals surface area contributed by atoms with Crippen LogP contribution >= 0.6 is 0 Å². The SMILES string of the molecule is c1ccc(-c2ccc(-c3c4ccccc4c(-c4ccc5c(c4)C4(c6cc7ccccc7cc6-5)C5CC6CC(C5)CC4C6)c4ccccc34)cc2)cc1. The highest BCUT2D eigenvalue weighted by Gasteiger charge is 2.61. The lowest BCUT2D eigenvalue weighted by atomic mass is 9.43. The predicted octanol–water partition coefficient (Wildman–Crippen LogP) is 13.9. The summed E-state index contributed by atoms with van der Waals surface area (Å²) in [5.74, 6) is 3.31. The molecular weight excluding hydrogens is 625 g/mol. The van der Waals surface area contributed by atoms with Gasteiger partial charge in [0, 0.05) is 5.41 Å². The molecule has 0 heteroatoms. The van der Waals surface area contributed by atoms with Crippen LogP contribution < -0.4 is 0 Å². The average Bonchev–Trinajstić information content (AvgIpc) is 3.47. The lowest BCUT2D eigenvalue weighted by Gasteiger charge is -2.61. The summed E-state index contributed by atoms with van der Waals surface area (Å²) < 4.78 is 0. The smallest absolute Gasteiger partial charge is 0.0272 e. The third-order valence-electron chi connectivity index (χ3n) is 14.0. The van der Waals surface area contributed by atoms with E-state index in [9.17, 15) is 0 Å². The Bertz CT molecular complexity index is 2650.